The molecule has 1 N–H and O–H groups in total. The summed E-state index contributed by atoms with van der Waals surface area (Å²) in [5.41, 5.74) is 1.06. The van der Waals surface area contributed by atoms with Crippen molar-refractivity contribution < 1.29 is 4.74 Å². The Labute approximate surface area is 72.8 Å². The standard InChI is InChI=1S/C9H14N2O/c1-10-5-3-8-7-9(12-2)4-6-11-8/h4,6-7,10H,3,5H2,1-2H3. The molecular weight excluding hydrogens is 152 g/mol. The predicted molar refractivity (Wildman–Crippen MR) is 48.4 cm³/mol. The molecule has 0 aliphatic heterocycles. The van der Waals surface area contributed by atoms with Crippen LogP contribution in [0.5, 0.6) is 5.75 Å². The molecule has 12 heavy (non-hydrogen) atoms. The van der Waals surface area contributed by atoms with Gasteiger partial charge in [0.05, 0.1) is 7.11 Å². The SMILES string of the molecule is CNCCc1cc(OC)ccn1. The van der Waals surface area contributed by atoms with E-state index in [2.05, 4.69) is 10.3 Å². The average Bonchev–Trinajstić information content (AvgIpc) is 2.15. The molecule has 3 heteroatoms. The third-order valence-corrected chi connectivity index (χ3v) is 1.65. The van der Waals surface area contributed by atoms with Gasteiger partial charge in [-0.25, -0.2) is 0 Å². The van der Waals surface area contributed by atoms with Gasteiger partial charge in [0, 0.05) is 30.9 Å². The number of likely N-dealkylation sites (N-methyl/N-ethyl adjacent to an activating group) is 1. The molecule has 3 nitrogen and oxygen atoms in total. The lowest BCUT2D eigenvalue weighted by atomic mass is 10.2. The summed E-state index contributed by atoms with van der Waals surface area (Å²) in [6, 6.07) is 3.81. The van der Waals surface area contributed by atoms with E-state index in [0.717, 1.165) is 24.4 Å². The van der Waals surface area contributed by atoms with Gasteiger partial charge >= 0.3 is 0 Å². The molecule has 0 atom stereocenters. The van der Waals surface area contributed by atoms with E-state index in [1.807, 2.05) is 19.2 Å². The van der Waals surface area contributed by atoms with E-state index in [1.165, 1.54) is 0 Å². The first-order valence-electron chi connectivity index (χ1n) is 4.00. The van der Waals surface area contributed by atoms with Crippen molar-refractivity contribution in [3.63, 3.8) is 0 Å². The third kappa shape index (κ3) is 2.51. The van der Waals surface area contributed by atoms with Crippen molar-refractivity contribution in [3.05, 3.63) is 24.0 Å². The minimum atomic E-state index is 0.871. The topological polar surface area (TPSA) is 34.1 Å². The van der Waals surface area contributed by atoms with Gasteiger partial charge in [-0.1, -0.05) is 0 Å². The Bertz CT molecular complexity index is 238. The number of methoxy groups -OCH3 is 1. The minimum absolute atomic E-state index is 0.871. The first-order valence-corrected chi connectivity index (χ1v) is 4.00. The van der Waals surface area contributed by atoms with E-state index in [0.29, 0.717) is 0 Å². The van der Waals surface area contributed by atoms with Crippen molar-refractivity contribution in [3.8, 4) is 5.75 Å². The van der Waals surface area contributed by atoms with Crippen molar-refractivity contribution in [2.24, 2.45) is 0 Å². The van der Waals surface area contributed by atoms with Gasteiger partial charge in [0.2, 0.25) is 0 Å². The number of ether oxygens (including phenoxy) is 1. The zero-order valence-corrected chi connectivity index (χ0v) is 7.50. The van der Waals surface area contributed by atoms with E-state index in [1.54, 1.807) is 13.3 Å². The molecule has 1 heterocycles. The molecule has 1 aromatic rings. The number of hydrogen-bond donors (Lipinski definition) is 1. The summed E-state index contributed by atoms with van der Waals surface area (Å²) in [6.07, 6.45) is 2.71. The van der Waals surface area contributed by atoms with Crippen molar-refractivity contribution in [1.82, 2.24) is 10.3 Å². The number of nitrogens with one attached hydrogen (secondary N) is 1. The first-order chi connectivity index (χ1) is 5.86. The molecule has 0 aromatic carbocycles. The molecule has 0 aliphatic carbocycles. The lowest BCUT2D eigenvalue weighted by molar-refractivity contribution is 0.413. The molecule has 0 bridgehead atoms. The summed E-state index contributed by atoms with van der Waals surface area (Å²) in [5.74, 6) is 0.871. The summed E-state index contributed by atoms with van der Waals surface area (Å²) in [7, 11) is 3.59. The van der Waals surface area contributed by atoms with E-state index in [9.17, 15) is 0 Å². The van der Waals surface area contributed by atoms with Crippen molar-refractivity contribution in [2.75, 3.05) is 20.7 Å². The Morgan fingerprint density at radius 2 is 2.42 bits per heavy atom. The highest BCUT2D eigenvalue weighted by Gasteiger charge is 1.95. The summed E-state index contributed by atoms with van der Waals surface area (Å²) >= 11 is 0. The Balaban J connectivity index is 2.60. The van der Waals surface area contributed by atoms with Gasteiger partial charge in [-0.15, -0.1) is 0 Å². The highest BCUT2D eigenvalue weighted by molar-refractivity contribution is 5.22. The van der Waals surface area contributed by atoms with E-state index < -0.39 is 0 Å². The molecule has 1 rings (SSSR count). The molecule has 0 unspecified atom stereocenters. The quantitative estimate of drug-likeness (QED) is 0.720. The van der Waals surface area contributed by atoms with Crippen LogP contribution in [0.4, 0.5) is 0 Å². The van der Waals surface area contributed by atoms with E-state index in [-0.39, 0.29) is 0 Å². The fourth-order valence-electron chi connectivity index (χ4n) is 0.973. The summed E-state index contributed by atoms with van der Waals surface area (Å²) in [4.78, 5) is 4.20. The highest BCUT2D eigenvalue weighted by atomic mass is 16.5. The van der Waals surface area contributed by atoms with Gasteiger partial charge in [-0.05, 0) is 13.1 Å². The Kier molecular flexibility index (Phi) is 3.54. The van der Waals surface area contributed by atoms with Gasteiger partial charge in [0.15, 0.2) is 0 Å². The van der Waals surface area contributed by atoms with Crippen LogP contribution in [-0.2, 0) is 6.42 Å². The summed E-state index contributed by atoms with van der Waals surface area (Å²) in [6.45, 7) is 0.945. The summed E-state index contributed by atoms with van der Waals surface area (Å²) < 4.78 is 5.07. The van der Waals surface area contributed by atoms with E-state index in [4.69, 9.17) is 4.74 Å². The first kappa shape index (κ1) is 9.00. The zero-order chi connectivity index (χ0) is 8.81. The highest BCUT2D eigenvalue weighted by Crippen LogP contribution is 2.09. The molecule has 0 saturated carbocycles. The molecule has 0 fully saturated rings. The maximum absolute atomic E-state index is 5.07. The van der Waals surface area contributed by atoms with Gasteiger partial charge in [-0.3, -0.25) is 4.98 Å². The van der Waals surface area contributed by atoms with Gasteiger partial charge in [0.25, 0.3) is 0 Å². The molecule has 1 aromatic heterocycles. The molecule has 0 aliphatic rings. The maximum atomic E-state index is 5.07. The molecule has 0 amide bonds. The van der Waals surface area contributed by atoms with Crippen LogP contribution in [-0.4, -0.2) is 25.7 Å². The Morgan fingerprint density at radius 1 is 1.58 bits per heavy atom. The smallest absolute Gasteiger partial charge is 0.122 e. The van der Waals surface area contributed by atoms with Crippen molar-refractivity contribution in [2.45, 2.75) is 6.42 Å². The maximum Gasteiger partial charge on any atom is 0.122 e. The molecule has 0 radical (unpaired) electrons. The monoisotopic (exact) mass is 166 g/mol. The number of hydrogen-bond acceptors (Lipinski definition) is 3. The normalized spacial score (nSPS) is 9.83. The van der Waals surface area contributed by atoms with Crippen LogP contribution in [0.15, 0.2) is 18.3 Å². The third-order valence-electron chi connectivity index (χ3n) is 1.65. The van der Waals surface area contributed by atoms with Crippen LogP contribution < -0.4 is 10.1 Å². The van der Waals surface area contributed by atoms with Crippen LogP contribution in [0, 0.1) is 0 Å². The van der Waals surface area contributed by atoms with Crippen molar-refractivity contribution >= 4 is 0 Å². The van der Waals surface area contributed by atoms with Crippen LogP contribution in [0.2, 0.25) is 0 Å². The second-order valence-electron chi connectivity index (χ2n) is 2.54. The van der Waals surface area contributed by atoms with Crippen molar-refractivity contribution in [1.29, 1.82) is 0 Å². The summed E-state index contributed by atoms with van der Waals surface area (Å²) in [5, 5.41) is 3.07. The number of rotatable bonds is 4. The second-order valence-corrected chi connectivity index (χ2v) is 2.54. The van der Waals surface area contributed by atoms with Crippen LogP contribution in [0.3, 0.4) is 0 Å². The van der Waals surface area contributed by atoms with E-state index >= 15 is 0 Å². The average molecular weight is 166 g/mol. The second kappa shape index (κ2) is 4.72. The molecule has 66 valence electrons. The van der Waals surface area contributed by atoms with Gasteiger partial charge in [-0.2, -0.15) is 0 Å². The lowest BCUT2D eigenvalue weighted by Gasteiger charge is -2.02. The van der Waals surface area contributed by atoms with Gasteiger partial charge < -0.3 is 10.1 Å². The molecule has 0 saturated heterocycles. The fourth-order valence-corrected chi connectivity index (χ4v) is 0.973. The van der Waals surface area contributed by atoms with Gasteiger partial charge in [0.1, 0.15) is 5.75 Å². The van der Waals surface area contributed by atoms with Crippen LogP contribution in [0.25, 0.3) is 0 Å². The van der Waals surface area contributed by atoms with Crippen LogP contribution in [0.1, 0.15) is 5.69 Å². The van der Waals surface area contributed by atoms with Crippen LogP contribution >= 0.6 is 0 Å². The number of nitrogens with zero attached hydrogens (tertiary/aromatic N) is 1. The Morgan fingerprint density at radius 3 is 3.08 bits per heavy atom. The molecular formula is C9H14N2O. The zero-order valence-electron chi connectivity index (χ0n) is 7.50. The minimum Gasteiger partial charge on any atom is -0.497 e. The fraction of sp³-hybridized carbons (Fsp3) is 0.444. The predicted octanol–water partition coefficient (Wildman–Crippen LogP) is 0.852. The number of pyridine rings is 1. The Hall–Kier alpha value is -1.09. The largest absolute Gasteiger partial charge is 0.497 e. The number of aromatic nitrogens is 1. The molecule has 0 spiro atoms. The lowest BCUT2D eigenvalue weighted by Crippen LogP contribution is -2.11.